The number of esters is 2. The molecule has 0 radical (unpaired) electrons. The second-order valence-corrected chi connectivity index (χ2v) is 6.59. The predicted octanol–water partition coefficient (Wildman–Crippen LogP) is -2.91. The van der Waals surface area contributed by atoms with E-state index in [0.717, 1.165) is 13.8 Å². The lowest BCUT2D eigenvalue weighted by Crippen LogP contribution is -2.61. The van der Waals surface area contributed by atoms with E-state index in [2.05, 4.69) is 10.1 Å². The van der Waals surface area contributed by atoms with Crippen LogP contribution in [0.25, 0.3) is 0 Å². The van der Waals surface area contributed by atoms with Crippen molar-refractivity contribution in [1.29, 1.82) is 0 Å². The molecule has 0 spiro atoms. The number of aliphatic hydroxyl groups is 5. The summed E-state index contributed by atoms with van der Waals surface area (Å²) >= 11 is 0. The van der Waals surface area contributed by atoms with Crippen LogP contribution in [0, 0.1) is 5.92 Å². The zero-order valence-electron chi connectivity index (χ0n) is 15.8. The smallest absolute Gasteiger partial charge is 0.369 e. The van der Waals surface area contributed by atoms with Crippen molar-refractivity contribution in [3.8, 4) is 0 Å². The van der Waals surface area contributed by atoms with E-state index in [0.29, 0.717) is 0 Å². The highest BCUT2D eigenvalue weighted by atomic mass is 16.7. The molecule has 0 aromatic rings. The first-order valence-corrected chi connectivity index (χ1v) is 8.60. The zero-order chi connectivity index (χ0) is 21.6. The summed E-state index contributed by atoms with van der Waals surface area (Å²) in [6.45, 7) is 2.74. The van der Waals surface area contributed by atoms with Gasteiger partial charge in [-0.15, -0.1) is 0 Å². The van der Waals surface area contributed by atoms with Gasteiger partial charge in [-0.05, 0) is 0 Å². The molecule has 28 heavy (non-hydrogen) atoms. The van der Waals surface area contributed by atoms with Crippen molar-refractivity contribution in [1.82, 2.24) is 5.32 Å². The van der Waals surface area contributed by atoms with Crippen LogP contribution in [0.4, 0.5) is 0 Å². The predicted molar refractivity (Wildman–Crippen MR) is 88.8 cm³/mol. The van der Waals surface area contributed by atoms with Gasteiger partial charge >= 0.3 is 11.9 Å². The summed E-state index contributed by atoms with van der Waals surface area (Å²) in [6, 6.07) is 0. The molecule has 1 aliphatic rings. The zero-order valence-corrected chi connectivity index (χ0v) is 15.8. The average molecular weight is 409 g/mol. The summed E-state index contributed by atoms with van der Waals surface area (Å²) in [6.07, 6.45) is -8.36. The molecule has 0 saturated carbocycles. The lowest BCUT2D eigenvalue weighted by atomic mass is 9.83. The van der Waals surface area contributed by atoms with E-state index in [1.807, 2.05) is 0 Å². The first kappa shape index (κ1) is 24.2. The lowest BCUT2D eigenvalue weighted by molar-refractivity contribution is -0.305. The number of rotatable bonds is 8. The van der Waals surface area contributed by atoms with Crippen LogP contribution in [0.2, 0.25) is 0 Å². The normalized spacial score (nSPS) is 30.6. The molecule has 1 rings (SSSR count). The fourth-order valence-electron chi connectivity index (χ4n) is 2.94. The Morgan fingerprint density at radius 2 is 1.86 bits per heavy atom. The van der Waals surface area contributed by atoms with E-state index >= 15 is 0 Å². The Hall–Kier alpha value is -1.83. The van der Waals surface area contributed by atoms with Gasteiger partial charge in [-0.3, -0.25) is 9.59 Å². The Labute approximate surface area is 161 Å². The van der Waals surface area contributed by atoms with Gasteiger partial charge in [-0.2, -0.15) is 0 Å². The van der Waals surface area contributed by atoms with Crippen LogP contribution in [0.3, 0.4) is 0 Å². The van der Waals surface area contributed by atoms with Crippen LogP contribution < -0.4 is 5.32 Å². The molecule has 0 aliphatic carbocycles. The van der Waals surface area contributed by atoms with Gasteiger partial charge in [0.25, 0.3) is 5.79 Å². The average Bonchev–Trinajstić information content (AvgIpc) is 2.52. The third-order valence-electron chi connectivity index (χ3n) is 4.06. The third-order valence-corrected chi connectivity index (χ3v) is 4.06. The number of carbonyl (C=O) groups is 3. The Kier molecular flexibility index (Phi) is 8.73. The Balaban J connectivity index is 3.02. The first-order chi connectivity index (χ1) is 12.9. The Bertz CT molecular complexity index is 571. The highest BCUT2D eigenvalue weighted by Gasteiger charge is 2.54. The molecule has 7 atom stereocenters. The second-order valence-electron chi connectivity index (χ2n) is 6.59. The SMILES string of the molecule is CC(=O)N[C@@H](O)[C@@H]1[C@H](C[C@H](O)CO)O[C@](O)(C(=O)OC(C)OC(C)=O)C[C@@H]1O. The second kappa shape index (κ2) is 10.1. The van der Waals surface area contributed by atoms with Gasteiger partial charge in [0, 0.05) is 33.6 Å². The van der Waals surface area contributed by atoms with Crippen molar-refractivity contribution in [2.24, 2.45) is 5.92 Å². The van der Waals surface area contributed by atoms with Gasteiger partial charge < -0.3 is 45.1 Å². The van der Waals surface area contributed by atoms with Crippen molar-refractivity contribution >= 4 is 17.8 Å². The van der Waals surface area contributed by atoms with Crippen molar-refractivity contribution < 1.29 is 54.1 Å². The Morgan fingerprint density at radius 3 is 2.36 bits per heavy atom. The summed E-state index contributed by atoms with van der Waals surface area (Å²) in [5, 5.41) is 51.9. The van der Waals surface area contributed by atoms with Crippen molar-refractivity contribution in [2.75, 3.05) is 6.61 Å². The fourth-order valence-corrected chi connectivity index (χ4v) is 2.94. The van der Waals surface area contributed by atoms with Gasteiger partial charge in [-0.1, -0.05) is 0 Å². The quantitative estimate of drug-likeness (QED) is 0.178. The highest BCUT2D eigenvalue weighted by Crippen LogP contribution is 2.36. The van der Waals surface area contributed by atoms with Crippen molar-refractivity contribution in [2.45, 2.75) is 70.2 Å². The number of nitrogens with one attached hydrogen (secondary N) is 1. The van der Waals surface area contributed by atoms with Crippen LogP contribution in [-0.2, 0) is 28.6 Å². The summed E-state index contributed by atoms with van der Waals surface area (Å²) in [7, 11) is 0. The Morgan fingerprint density at radius 1 is 1.25 bits per heavy atom. The van der Waals surface area contributed by atoms with Crippen LogP contribution in [-0.4, -0.2) is 86.6 Å². The molecule has 0 aromatic carbocycles. The number of amides is 1. The first-order valence-electron chi connectivity index (χ1n) is 8.60. The molecule has 1 saturated heterocycles. The largest absolute Gasteiger partial charge is 0.426 e. The maximum atomic E-state index is 12.3. The number of aliphatic hydroxyl groups excluding tert-OH is 4. The van der Waals surface area contributed by atoms with E-state index in [9.17, 15) is 34.8 Å². The van der Waals surface area contributed by atoms with Crippen molar-refractivity contribution in [3.05, 3.63) is 0 Å². The van der Waals surface area contributed by atoms with Crippen LogP contribution in [0.15, 0.2) is 0 Å². The summed E-state index contributed by atoms with van der Waals surface area (Å²) < 4.78 is 14.7. The van der Waals surface area contributed by atoms with Gasteiger partial charge in [0.1, 0.15) is 6.23 Å². The third kappa shape index (κ3) is 6.65. The van der Waals surface area contributed by atoms with Gasteiger partial charge in [0.15, 0.2) is 0 Å². The molecule has 1 fully saturated rings. The molecule has 0 bridgehead atoms. The minimum atomic E-state index is -2.68. The maximum absolute atomic E-state index is 12.3. The van der Waals surface area contributed by atoms with E-state index in [-0.39, 0.29) is 6.42 Å². The molecule has 1 unspecified atom stereocenters. The van der Waals surface area contributed by atoms with E-state index in [4.69, 9.17) is 14.6 Å². The number of ether oxygens (including phenoxy) is 3. The summed E-state index contributed by atoms with van der Waals surface area (Å²) in [4.78, 5) is 34.3. The molecule has 0 aromatic heterocycles. The number of hydrogen-bond donors (Lipinski definition) is 6. The molecular weight excluding hydrogens is 382 g/mol. The molecule has 6 N–H and O–H groups in total. The molecule has 1 heterocycles. The molecule has 12 heteroatoms. The molecule has 1 amide bonds. The lowest BCUT2D eigenvalue weighted by Gasteiger charge is -2.45. The number of carbonyl (C=O) groups excluding carboxylic acids is 3. The van der Waals surface area contributed by atoms with Gasteiger partial charge in [0.2, 0.25) is 12.2 Å². The topological polar surface area (TPSA) is 192 Å². The molecule has 1 aliphatic heterocycles. The molecule has 162 valence electrons. The fraction of sp³-hybridized carbons (Fsp3) is 0.812. The number of hydrogen-bond acceptors (Lipinski definition) is 11. The highest BCUT2D eigenvalue weighted by molar-refractivity contribution is 5.78. The van der Waals surface area contributed by atoms with Crippen LogP contribution >= 0.6 is 0 Å². The minimum Gasteiger partial charge on any atom is -0.426 e. The van der Waals surface area contributed by atoms with Gasteiger partial charge in [-0.25, -0.2) is 4.79 Å². The van der Waals surface area contributed by atoms with Crippen LogP contribution in [0.5, 0.6) is 0 Å². The van der Waals surface area contributed by atoms with E-state index in [1.54, 1.807) is 0 Å². The summed E-state index contributed by atoms with van der Waals surface area (Å²) in [5.74, 6) is -6.63. The monoisotopic (exact) mass is 409 g/mol. The van der Waals surface area contributed by atoms with E-state index in [1.165, 1.54) is 6.92 Å². The van der Waals surface area contributed by atoms with Crippen molar-refractivity contribution in [3.63, 3.8) is 0 Å². The molecular formula is C16H27NO11. The standard InChI is InChI=1S/C16H27NO11/c1-7(19)17-14(23)13-11(22)5-16(25,28-12(13)4-10(21)6-18)15(24)27-9(3)26-8(2)20/h9-14,18,21-23,25H,4-6H2,1-3H3,(H,17,19)/t9?,10-,11-,12-,13-,14-,16-/m0/s1. The van der Waals surface area contributed by atoms with Gasteiger partial charge in [0.05, 0.1) is 30.8 Å². The summed E-state index contributed by atoms with van der Waals surface area (Å²) in [5.41, 5.74) is 0. The molecule has 12 nitrogen and oxygen atoms in total. The van der Waals surface area contributed by atoms with Crippen LogP contribution in [0.1, 0.15) is 33.6 Å². The minimum absolute atomic E-state index is 0.385. The maximum Gasteiger partial charge on any atom is 0.369 e. The van der Waals surface area contributed by atoms with E-state index < -0.39 is 73.4 Å².